The van der Waals surface area contributed by atoms with Crippen LogP contribution in [0.5, 0.6) is 0 Å². The van der Waals surface area contributed by atoms with Gasteiger partial charge in [0, 0.05) is 33.0 Å². The zero-order valence-electron chi connectivity index (χ0n) is 29.6. The number of thiazole rings is 1. The van der Waals surface area contributed by atoms with Crippen molar-refractivity contribution >= 4 is 72.3 Å². The molecule has 1 atom stereocenters. The minimum atomic E-state index is -4.05. The summed E-state index contributed by atoms with van der Waals surface area (Å²) in [5.74, 6) is 0.418. The highest BCUT2D eigenvalue weighted by Crippen LogP contribution is 2.36. The second kappa shape index (κ2) is 16.2. The number of hydrogen-bond acceptors (Lipinski definition) is 16. The van der Waals surface area contributed by atoms with E-state index in [9.17, 15) is 18.5 Å². The molecule has 3 heterocycles. The van der Waals surface area contributed by atoms with Crippen molar-refractivity contribution in [3.63, 3.8) is 0 Å². The fourth-order valence-electron chi connectivity index (χ4n) is 5.21. The Kier molecular flexibility index (Phi) is 11.7. The zero-order chi connectivity index (χ0) is 37.6. The molecule has 5 rings (SSSR count). The predicted octanol–water partition coefficient (Wildman–Crippen LogP) is 5.56. The van der Waals surface area contributed by atoms with E-state index in [2.05, 4.69) is 68.9 Å². The fourth-order valence-corrected chi connectivity index (χ4v) is 7.30. The average Bonchev–Trinajstić information content (AvgIpc) is 3.74. The van der Waals surface area contributed by atoms with Gasteiger partial charge in [0.2, 0.25) is 26.9 Å². The summed E-state index contributed by atoms with van der Waals surface area (Å²) >= 11 is 1.23. The zero-order valence-corrected chi connectivity index (χ0v) is 31.2. The first-order valence-electron chi connectivity index (χ1n) is 16.0. The first kappa shape index (κ1) is 37.7. The van der Waals surface area contributed by atoms with Crippen LogP contribution in [-0.4, -0.2) is 79.6 Å². The number of aromatic nitrogens is 5. The van der Waals surface area contributed by atoms with Crippen molar-refractivity contribution in [3.05, 3.63) is 58.8 Å². The lowest BCUT2D eigenvalue weighted by molar-refractivity contribution is -0.142. The summed E-state index contributed by atoms with van der Waals surface area (Å²) in [6, 6.07) is 9.56. The SMILES string of the molecule is CNc1nc(Nc2c(C)cc(C)cc2C)nc(NCCCOC)c1N=Nc1nn(-c2nc3cc(S(=O)(=O)NC(C)C(=O)OC)ccc3s2)cc1C#N. The normalized spacial score (nSPS) is 12.2. The molecule has 0 amide bonds. The maximum absolute atomic E-state index is 12.9. The second-order valence-corrected chi connectivity index (χ2v) is 14.4. The molecular formula is C33H38N12O5S2. The molecule has 0 aliphatic rings. The Bertz CT molecular complexity index is 2270. The Morgan fingerprint density at radius 2 is 1.81 bits per heavy atom. The number of benzene rings is 2. The summed E-state index contributed by atoms with van der Waals surface area (Å²) in [4.78, 5) is 25.6. The van der Waals surface area contributed by atoms with E-state index in [0.29, 0.717) is 58.2 Å². The highest BCUT2D eigenvalue weighted by molar-refractivity contribution is 7.89. The molecule has 19 heteroatoms. The van der Waals surface area contributed by atoms with Gasteiger partial charge in [-0.05, 0) is 63.4 Å². The summed E-state index contributed by atoms with van der Waals surface area (Å²) in [7, 11) is 0.458. The molecule has 0 bridgehead atoms. The molecule has 0 aliphatic heterocycles. The van der Waals surface area contributed by atoms with Gasteiger partial charge < -0.3 is 25.4 Å². The van der Waals surface area contributed by atoms with Crippen LogP contribution in [0, 0.1) is 32.1 Å². The number of carbonyl (C=O) groups excluding carboxylic acids is 1. The number of nitrogens with zero attached hydrogens (tertiary/aromatic N) is 8. The number of ether oxygens (including phenoxy) is 2. The first-order valence-corrected chi connectivity index (χ1v) is 18.3. The van der Waals surface area contributed by atoms with Gasteiger partial charge in [0.25, 0.3) is 0 Å². The third kappa shape index (κ3) is 8.48. The molecule has 0 saturated heterocycles. The Morgan fingerprint density at radius 1 is 1.08 bits per heavy atom. The summed E-state index contributed by atoms with van der Waals surface area (Å²) in [6.07, 6.45) is 2.16. The largest absolute Gasteiger partial charge is 0.468 e. The van der Waals surface area contributed by atoms with E-state index < -0.39 is 22.0 Å². The number of nitriles is 1. The van der Waals surface area contributed by atoms with Gasteiger partial charge in [-0.1, -0.05) is 29.0 Å². The van der Waals surface area contributed by atoms with Crippen LogP contribution in [-0.2, 0) is 24.3 Å². The molecule has 1 unspecified atom stereocenters. The van der Waals surface area contributed by atoms with E-state index in [4.69, 9.17) is 9.72 Å². The van der Waals surface area contributed by atoms with Gasteiger partial charge in [-0.3, -0.25) is 4.79 Å². The van der Waals surface area contributed by atoms with E-state index in [1.54, 1.807) is 20.2 Å². The molecule has 52 heavy (non-hydrogen) atoms. The summed E-state index contributed by atoms with van der Waals surface area (Å²) in [5, 5.41) is 33.2. The Morgan fingerprint density at radius 3 is 2.48 bits per heavy atom. The third-order valence-corrected chi connectivity index (χ3v) is 10.2. The number of fused-ring (bicyclic) bond motifs is 1. The molecule has 0 spiro atoms. The van der Waals surface area contributed by atoms with Crippen LogP contribution in [0.1, 0.15) is 35.6 Å². The van der Waals surface area contributed by atoms with E-state index in [1.807, 2.05) is 20.8 Å². The molecule has 3 aromatic heterocycles. The van der Waals surface area contributed by atoms with Crippen LogP contribution in [0.2, 0.25) is 0 Å². The number of esters is 1. The Labute approximate surface area is 304 Å². The van der Waals surface area contributed by atoms with Crippen molar-refractivity contribution in [3.8, 4) is 11.2 Å². The smallest absolute Gasteiger partial charge is 0.323 e. The fraction of sp³-hybridized carbons (Fsp3) is 0.333. The summed E-state index contributed by atoms with van der Waals surface area (Å²) < 4.78 is 40.0. The molecule has 0 fully saturated rings. The van der Waals surface area contributed by atoms with Gasteiger partial charge in [0.15, 0.2) is 17.3 Å². The Hall–Kier alpha value is -5.55. The lowest BCUT2D eigenvalue weighted by atomic mass is 10.1. The maximum atomic E-state index is 12.9. The van der Waals surface area contributed by atoms with E-state index in [1.165, 1.54) is 48.4 Å². The average molecular weight is 747 g/mol. The number of carbonyl (C=O) groups is 1. The number of anilines is 4. The minimum Gasteiger partial charge on any atom is -0.468 e. The number of azo groups is 1. The van der Waals surface area contributed by atoms with Gasteiger partial charge in [0.1, 0.15) is 17.7 Å². The summed E-state index contributed by atoms with van der Waals surface area (Å²) in [6.45, 7) is 8.53. The highest BCUT2D eigenvalue weighted by Gasteiger charge is 2.24. The number of aryl methyl sites for hydroxylation is 3. The van der Waals surface area contributed by atoms with Gasteiger partial charge in [0.05, 0.1) is 28.4 Å². The molecule has 0 radical (unpaired) electrons. The van der Waals surface area contributed by atoms with Gasteiger partial charge >= 0.3 is 5.97 Å². The predicted molar refractivity (Wildman–Crippen MR) is 198 cm³/mol. The lowest BCUT2D eigenvalue weighted by Gasteiger charge is -2.16. The molecule has 4 N–H and O–H groups in total. The van der Waals surface area contributed by atoms with Gasteiger partial charge in [-0.25, -0.2) is 18.1 Å². The molecule has 272 valence electrons. The standard InChI is InChI=1S/C33H38N12O5S2/c1-18-13-19(2)26(20(3)14-18)38-32-39-29(35-5)27(30(40-32)36-11-8-12-49-6)41-42-28-22(16-34)17-45(43-28)33-37-24-15-23(9-10-25(24)51-33)52(47,48)44-21(4)31(46)50-7/h9-10,13-15,17,21,44H,8,11-12H2,1-7H3,(H3,35,36,38,39,40). The molecule has 0 saturated carbocycles. The van der Waals surface area contributed by atoms with Crippen molar-refractivity contribution in [1.29, 1.82) is 5.26 Å². The lowest BCUT2D eigenvalue weighted by Crippen LogP contribution is -2.39. The van der Waals surface area contributed by atoms with Gasteiger partial charge in [-0.2, -0.15) is 20.0 Å². The highest BCUT2D eigenvalue weighted by atomic mass is 32.2. The van der Waals surface area contributed by atoms with Crippen molar-refractivity contribution in [2.24, 2.45) is 10.2 Å². The van der Waals surface area contributed by atoms with Crippen LogP contribution in [0.25, 0.3) is 15.3 Å². The van der Waals surface area contributed by atoms with Crippen LogP contribution in [0.3, 0.4) is 0 Å². The van der Waals surface area contributed by atoms with Crippen molar-refractivity contribution in [1.82, 2.24) is 29.5 Å². The van der Waals surface area contributed by atoms with Crippen LogP contribution < -0.4 is 20.7 Å². The van der Waals surface area contributed by atoms with Crippen molar-refractivity contribution in [2.45, 2.75) is 45.1 Å². The second-order valence-electron chi connectivity index (χ2n) is 11.6. The number of hydrogen-bond donors (Lipinski definition) is 4. The Balaban J connectivity index is 1.47. The monoisotopic (exact) mass is 746 g/mol. The molecule has 0 aliphatic carbocycles. The van der Waals surface area contributed by atoms with Crippen LogP contribution >= 0.6 is 11.3 Å². The molecular weight excluding hydrogens is 709 g/mol. The molecule has 2 aromatic carbocycles. The van der Waals surface area contributed by atoms with E-state index in [0.717, 1.165) is 22.4 Å². The van der Waals surface area contributed by atoms with Crippen molar-refractivity contribution < 1.29 is 22.7 Å². The third-order valence-electron chi connectivity index (χ3n) is 7.65. The number of rotatable bonds is 15. The quantitative estimate of drug-likeness (QED) is 0.0586. The molecule has 5 aromatic rings. The van der Waals surface area contributed by atoms with E-state index >= 15 is 0 Å². The topological polar surface area (TPSA) is 223 Å². The van der Waals surface area contributed by atoms with Gasteiger partial charge in [-0.15, -0.1) is 15.3 Å². The number of nitrogens with one attached hydrogen (secondary N) is 4. The first-order chi connectivity index (χ1) is 24.9. The maximum Gasteiger partial charge on any atom is 0.323 e. The summed E-state index contributed by atoms with van der Waals surface area (Å²) in [5.41, 5.74) is 4.93. The number of sulfonamides is 1. The van der Waals surface area contributed by atoms with E-state index in [-0.39, 0.29) is 16.3 Å². The van der Waals surface area contributed by atoms with Crippen LogP contribution in [0.4, 0.5) is 34.8 Å². The minimum absolute atomic E-state index is 0.0199. The molecule has 17 nitrogen and oxygen atoms in total. The van der Waals surface area contributed by atoms with Crippen LogP contribution in [0.15, 0.2) is 51.7 Å². The number of methoxy groups -OCH3 is 2. The van der Waals surface area contributed by atoms with Crippen molar-refractivity contribution in [2.75, 3.05) is 50.4 Å².